The van der Waals surface area contributed by atoms with Crippen molar-refractivity contribution in [3.63, 3.8) is 0 Å². The minimum absolute atomic E-state index is 0.269. The number of methoxy groups -OCH3 is 3. The third kappa shape index (κ3) is 2.55. The summed E-state index contributed by atoms with van der Waals surface area (Å²) in [6, 6.07) is 3.25. The van der Waals surface area contributed by atoms with Crippen molar-refractivity contribution in [3.8, 4) is 28.6 Å². The molecule has 0 radical (unpaired) electrons. The molecule has 2 N–H and O–H groups in total. The molecule has 0 aliphatic heterocycles. The number of oxazole rings is 1. The fourth-order valence-electron chi connectivity index (χ4n) is 1.84. The molecule has 0 fully saturated rings. The highest BCUT2D eigenvalue weighted by Gasteiger charge is 2.17. The smallest absolute Gasteiger partial charge is 0.211 e. The Morgan fingerprint density at radius 2 is 1.65 bits per heavy atom. The molecule has 108 valence electrons. The van der Waals surface area contributed by atoms with E-state index in [0.29, 0.717) is 28.9 Å². The van der Waals surface area contributed by atoms with E-state index in [-0.39, 0.29) is 6.04 Å². The molecule has 0 aliphatic rings. The lowest BCUT2D eigenvalue weighted by Crippen LogP contribution is -2.04. The molecule has 0 saturated heterocycles. The molecular formula is C14H18N2O4. The van der Waals surface area contributed by atoms with Gasteiger partial charge in [-0.3, -0.25) is 0 Å². The van der Waals surface area contributed by atoms with Crippen LogP contribution in [-0.4, -0.2) is 26.3 Å². The molecule has 20 heavy (non-hydrogen) atoms. The van der Waals surface area contributed by atoms with E-state index in [1.807, 2.05) is 0 Å². The van der Waals surface area contributed by atoms with Gasteiger partial charge < -0.3 is 24.4 Å². The van der Waals surface area contributed by atoms with Crippen LogP contribution in [0.4, 0.5) is 0 Å². The van der Waals surface area contributed by atoms with Gasteiger partial charge in [-0.25, -0.2) is 4.98 Å². The maximum absolute atomic E-state index is 5.75. The number of hydrogen-bond donors (Lipinski definition) is 1. The number of aromatic nitrogens is 1. The average molecular weight is 278 g/mol. The topological polar surface area (TPSA) is 79.7 Å². The molecule has 0 bridgehead atoms. The summed E-state index contributed by atoms with van der Waals surface area (Å²) in [4.78, 5) is 4.15. The van der Waals surface area contributed by atoms with Crippen LogP contribution in [0.5, 0.6) is 17.2 Å². The summed E-state index contributed by atoms with van der Waals surface area (Å²) < 4.78 is 21.5. The van der Waals surface area contributed by atoms with E-state index in [4.69, 9.17) is 24.4 Å². The lowest BCUT2D eigenvalue weighted by atomic mass is 10.1. The SMILES string of the molecule is COc1cc(OC)c(-c2cnc(C(C)N)o2)cc1OC. The highest BCUT2D eigenvalue weighted by Crippen LogP contribution is 2.40. The second-order valence-corrected chi connectivity index (χ2v) is 4.26. The molecule has 1 atom stereocenters. The minimum atomic E-state index is -0.269. The van der Waals surface area contributed by atoms with E-state index >= 15 is 0 Å². The molecule has 1 heterocycles. The van der Waals surface area contributed by atoms with E-state index in [1.54, 1.807) is 46.6 Å². The molecule has 0 aliphatic carbocycles. The van der Waals surface area contributed by atoms with Crippen LogP contribution in [0, 0.1) is 0 Å². The van der Waals surface area contributed by atoms with Crippen LogP contribution >= 0.6 is 0 Å². The van der Waals surface area contributed by atoms with Crippen molar-refractivity contribution in [1.29, 1.82) is 0 Å². The third-order valence-corrected chi connectivity index (χ3v) is 2.88. The number of nitrogens with two attached hydrogens (primary N) is 1. The normalized spacial score (nSPS) is 12.1. The largest absolute Gasteiger partial charge is 0.496 e. The maximum atomic E-state index is 5.75. The fraction of sp³-hybridized carbons (Fsp3) is 0.357. The Morgan fingerprint density at radius 3 is 2.15 bits per heavy atom. The molecule has 2 rings (SSSR count). The van der Waals surface area contributed by atoms with Crippen LogP contribution in [0.25, 0.3) is 11.3 Å². The number of hydrogen-bond acceptors (Lipinski definition) is 6. The van der Waals surface area contributed by atoms with Gasteiger partial charge in [-0.2, -0.15) is 0 Å². The fourth-order valence-corrected chi connectivity index (χ4v) is 1.84. The first kappa shape index (κ1) is 14.2. The summed E-state index contributed by atoms with van der Waals surface area (Å²) >= 11 is 0. The van der Waals surface area contributed by atoms with Crippen molar-refractivity contribution >= 4 is 0 Å². The molecule has 1 unspecified atom stereocenters. The zero-order valence-electron chi connectivity index (χ0n) is 12.0. The van der Waals surface area contributed by atoms with E-state index in [2.05, 4.69) is 4.98 Å². The zero-order chi connectivity index (χ0) is 14.7. The zero-order valence-corrected chi connectivity index (χ0v) is 12.0. The van der Waals surface area contributed by atoms with Crippen LogP contribution < -0.4 is 19.9 Å². The van der Waals surface area contributed by atoms with Crippen molar-refractivity contribution in [2.75, 3.05) is 21.3 Å². The summed E-state index contributed by atoms with van der Waals surface area (Å²) in [6.07, 6.45) is 1.61. The summed E-state index contributed by atoms with van der Waals surface area (Å²) in [5.41, 5.74) is 6.47. The molecular weight excluding hydrogens is 260 g/mol. The van der Waals surface area contributed by atoms with Crippen LogP contribution in [0.2, 0.25) is 0 Å². The molecule has 1 aromatic carbocycles. The first-order valence-electron chi connectivity index (χ1n) is 6.12. The Morgan fingerprint density at radius 1 is 1.05 bits per heavy atom. The summed E-state index contributed by atoms with van der Waals surface area (Å²) in [5, 5.41) is 0. The van der Waals surface area contributed by atoms with Gasteiger partial charge in [-0.1, -0.05) is 0 Å². The summed E-state index contributed by atoms with van der Waals surface area (Å²) in [7, 11) is 4.72. The van der Waals surface area contributed by atoms with E-state index in [9.17, 15) is 0 Å². The van der Waals surface area contributed by atoms with Gasteiger partial charge in [0.1, 0.15) is 5.75 Å². The number of benzene rings is 1. The van der Waals surface area contributed by atoms with Crippen molar-refractivity contribution in [1.82, 2.24) is 4.98 Å². The number of rotatable bonds is 5. The second-order valence-electron chi connectivity index (χ2n) is 4.26. The van der Waals surface area contributed by atoms with Crippen molar-refractivity contribution in [2.24, 2.45) is 5.73 Å². The van der Waals surface area contributed by atoms with Gasteiger partial charge in [0.2, 0.25) is 5.89 Å². The molecule has 0 saturated carbocycles. The van der Waals surface area contributed by atoms with Gasteiger partial charge in [0.05, 0.1) is 39.1 Å². The van der Waals surface area contributed by atoms with Crippen molar-refractivity contribution in [3.05, 3.63) is 24.2 Å². The Hall–Kier alpha value is -2.21. The Bertz CT molecular complexity index is 593. The van der Waals surface area contributed by atoms with E-state index < -0.39 is 0 Å². The second kappa shape index (κ2) is 5.83. The molecule has 0 amide bonds. The highest BCUT2D eigenvalue weighted by atomic mass is 16.5. The summed E-state index contributed by atoms with van der Waals surface area (Å²) in [6.45, 7) is 1.81. The first-order valence-corrected chi connectivity index (χ1v) is 6.12. The molecule has 6 heteroatoms. The Labute approximate surface area is 117 Å². The predicted octanol–water partition coefficient (Wildman–Crippen LogP) is 2.39. The first-order chi connectivity index (χ1) is 9.60. The van der Waals surface area contributed by atoms with Gasteiger partial charge >= 0.3 is 0 Å². The van der Waals surface area contributed by atoms with Gasteiger partial charge in [0, 0.05) is 6.07 Å². The van der Waals surface area contributed by atoms with Gasteiger partial charge in [-0.05, 0) is 13.0 Å². The van der Waals surface area contributed by atoms with Gasteiger partial charge in [-0.15, -0.1) is 0 Å². The van der Waals surface area contributed by atoms with Crippen LogP contribution in [-0.2, 0) is 0 Å². The minimum Gasteiger partial charge on any atom is -0.496 e. The van der Waals surface area contributed by atoms with Crippen LogP contribution in [0.1, 0.15) is 18.9 Å². The lowest BCUT2D eigenvalue weighted by molar-refractivity contribution is 0.349. The Kier molecular flexibility index (Phi) is 4.14. The monoisotopic (exact) mass is 278 g/mol. The Balaban J connectivity index is 2.53. The van der Waals surface area contributed by atoms with Crippen LogP contribution in [0.3, 0.4) is 0 Å². The lowest BCUT2D eigenvalue weighted by Gasteiger charge is -2.12. The van der Waals surface area contributed by atoms with Crippen molar-refractivity contribution < 1.29 is 18.6 Å². The standard InChI is InChI=1S/C14H18N2O4/c1-8(15)14-16-7-13(20-14)9-5-11(18-3)12(19-4)6-10(9)17-2/h5-8H,15H2,1-4H3. The highest BCUT2D eigenvalue weighted by molar-refractivity contribution is 5.70. The van der Waals surface area contributed by atoms with Crippen LogP contribution in [0.15, 0.2) is 22.7 Å². The molecule has 1 aromatic heterocycles. The van der Waals surface area contributed by atoms with E-state index in [1.165, 1.54) is 0 Å². The quantitative estimate of drug-likeness (QED) is 0.904. The van der Waals surface area contributed by atoms with Crippen molar-refractivity contribution in [2.45, 2.75) is 13.0 Å². The van der Waals surface area contributed by atoms with Gasteiger partial charge in [0.15, 0.2) is 17.3 Å². The predicted molar refractivity (Wildman–Crippen MR) is 74.2 cm³/mol. The third-order valence-electron chi connectivity index (χ3n) is 2.88. The van der Waals surface area contributed by atoms with Gasteiger partial charge in [0.25, 0.3) is 0 Å². The molecule has 2 aromatic rings. The molecule has 0 spiro atoms. The maximum Gasteiger partial charge on any atom is 0.211 e. The average Bonchev–Trinajstić information content (AvgIpc) is 2.95. The van der Waals surface area contributed by atoms with E-state index in [0.717, 1.165) is 5.56 Å². The number of nitrogens with zero attached hydrogens (tertiary/aromatic N) is 1. The summed E-state index contributed by atoms with van der Waals surface area (Å²) in [5.74, 6) is 2.81. The molecule has 6 nitrogen and oxygen atoms in total. The number of ether oxygens (including phenoxy) is 3.